The van der Waals surface area contributed by atoms with Crippen LogP contribution in [-0.2, 0) is 11.3 Å². The average molecular weight is 539 g/mol. The lowest BCUT2D eigenvalue weighted by atomic mass is 9.91. The van der Waals surface area contributed by atoms with Gasteiger partial charge in [-0.05, 0) is 110 Å². The fourth-order valence-corrected chi connectivity index (χ4v) is 5.52. The van der Waals surface area contributed by atoms with E-state index in [9.17, 15) is 14.0 Å². The van der Waals surface area contributed by atoms with Crippen LogP contribution in [0.2, 0.25) is 0 Å². The highest BCUT2D eigenvalue weighted by Gasteiger charge is 2.19. The van der Waals surface area contributed by atoms with Crippen LogP contribution in [0.5, 0.6) is 0 Å². The van der Waals surface area contributed by atoms with Crippen LogP contribution in [0.1, 0.15) is 53.6 Å². The maximum atomic E-state index is 13.2. The van der Waals surface area contributed by atoms with E-state index in [0.717, 1.165) is 78.6 Å². The maximum Gasteiger partial charge on any atom is 0.255 e. The molecule has 1 aromatic heterocycles. The number of hydrogen-bond donors (Lipinski definition) is 2. The van der Waals surface area contributed by atoms with Gasteiger partial charge in [-0.2, -0.15) is 0 Å². The lowest BCUT2D eigenvalue weighted by molar-refractivity contribution is -0.118. The van der Waals surface area contributed by atoms with Crippen LogP contribution in [0.15, 0.2) is 72.9 Å². The molecule has 2 heterocycles. The third-order valence-electron chi connectivity index (χ3n) is 7.88. The summed E-state index contributed by atoms with van der Waals surface area (Å²) in [6, 6.07) is 19.7. The number of anilines is 1. The van der Waals surface area contributed by atoms with Crippen LogP contribution >= 0.6 is 0 Å². The van der Waals surface area contributed by atoms with Gasteiger partial charge in [-0.3, -0.25) is 19.5 Å². The Bertz CT molecular complexity index is 1490. The number of piperidine rings is 1. The number of carbonyl (C=O) groups excluding carboxylic acids is 2. The van der Waals surface area contributed by atoms with Gasteiger partial charge in [-0.15, -0.1) is 0 Å². The molecule has 3 N–H and O–H groups in total. The number of primary amides is 1. The molecule has 0 unspecified atom stereocenters. The molecule has 1 aliphatic rings. The first kappa shape index (κ1) is 27.5. The molecule has 6 nitrogen and oxygen atoms in total. The smallest absolute Gasteiger partial charge is 0.255 e. The standard InChI is InChI=1S/C33H35FN4O2/c1-22-30(37-33(40)27-7-5-25(6-8-27)26-9-12-29(34)13-10-26)14-11-28-19-24(20-36-32(22)28)21-38-17-15-23(16-18-38)3-2-4-31(35)39/h5-14,19-20,23H,2-4,15-18,21H2,1H3,(H2,35,39)(H,37,40). The Balaban J connectivity index is 1.19. The van der Waals surface area contributed by atoms with Crippen LogP contribution in [0.25, 0.3) is 22.0 Å². The molecule has 2 amide bonds. The Morgan fingerprint density at radius 1 is 1.00 bits per heavy atom. The van der Waals surface area contributed by atoms with Gasteiger partial charge in [0, 0.05) is 35.8 Å². The van der Waals surface area contributed by atoms with E-state index in [1.165, 1.54) is 17.7 Å². The highest BCUT2D eigenvalue weighted by atomic mass is 19.1. The molecule has 4 aromatic rings. The number of hydrogen-bond acceptors (Lipinski definition) is 4. The number of aryl methyl sites for hydroxylation is 1. The van der Waals surface area contributed by atoms with Crippen LogP contribution in [-0.4, -0.2) is 34.8 Å². The van der Waals surface area contributed by atoms with E-state index >= 15 is 0 Å². The number of nitrogens with two attached hydrogens (primary N) is 1. The zero-order valence-electron chi connectivity index (χ0n) is 22.8. The SMILES string of the molecule is Cc1c(NC(=O)c2ccc(-c3ccc(F)cc3)cc2)ccc2cc(CN3CCC(CCCC(N)=O)CC3)cnc12. The molecule has 7 heteroatoms. The minimum Gasteiger partial charge on any atom is -0.370 e. The molecular weight excluding hydrogens is 503 g/mol. The minimum absolute atomic E-state index is 0.192. The summed E-state index contributed by atoms with van der Waals surface area (Å²) in [5.74, 6) is -0.000218. The van der Waals surface area contributed by atoms with Crippen LogP contribution in [0.3, 0.4) is 0 Å². The van der Waals surface area contributed by atoms with Crippen molar-refractivity contribution in [2.45, 2.75) is 45.6 Å². The molecule has 0 radical (unpaired) electrons. The number of nitrogens with one attached hydrogen (secondary N) is 1. The largest absolute Gasteiger partial charge is 0.370 e. The fraction of sp³-hybridized carbons (Fsp3) is 0.303. The highest BCUT2D eigenvalue weighted by Crippen LogP contribution is 2.28. The van der Waals surface area contributed by atoms with Gasteiger partial charge in [0.15, 0.2) is 0 Å². The summed E-state index contributed by atoms with van der Waals surface area (Å²) in [5.41, 5.74) is 11.3. The van der Waals surface area contributed by atoms with Crippen molar-refractivity contribution in [3.63, 3.8) is 0 Å². The van der Waals surface area contributed by atoms with Gasteiger partial charge in [0.25, 0.3) is 5.91 Å². The molecule has 3 aromatic carbocycles. The normalized spacial score (nSPS) is 14.3. The number of rotatable bonds is 9. The van der Waals surface area contributed by atoms with E-state index in [1.54, 1.807) is 24.3 Å². The van der Waals surface area contributed by atoms with E-state index in [4.69, 9.17) is 10.7 Å². The molecule has 1 saturated heterocycles. The molecule has 0 spiro atoms. The van der Waals surface area contributed by atoms with Gasteiger partial charge >= 0.3 is 0 Å². The number of benzene rings is 3. The van der Waals surface area contributed by atoms with Crippen LogP contribution in [0, 0.1) is 18.7 Å². The molecule has 206 valence electrons. The van der Waals surface area contributed by atoms with Crippen molar-refractivity contribution in [2.24, 2.45) is 11.7 Å². The van der Waals surface area contributed by atoms with Crippen LogP contribution in [0.4, 0.5) is 10.1 Å². The van der Waals surface area contributed by atoms with Crippen molar-refractivity contribution in [3.05, 3.63) is 95.4 Å². The van der Waals surface area contributed by atoms with E-state index in [0.29, 0.717) is 17.9 Å². The predicted octanol–water partition coefficient (Wildman–Crippen LogP) is 6.47. The molecule has 1 aliphatic heterocycles. The Hall–Kier alpha value is -4.10. The first-order valence-electron chi connectivity index (χ1n) is 13.9. The van der Waals surface area contributed by atoms with E-state index in [-0.39, 0.29) is 17.6 Å². The molecule has 0 aliphatic carbocycles. The van der Waals surface area contributed by atoms with E-state index in [1.807, 2.05) is 37.4 Å². The zero-order valence-corrected chi connectivity index (χ0v) is 22.8. The molecular formula is C33H35FN4O2. The first-order valence-corrected chi connectivity index (χ1v) is 13.9. The average Bonchev–Trinajstić information content (AvgIpc) is 2.96. The predicted molar refractivity (Wildman–Crippen MR) is 157 cm³/mol. The quantitative estimate of drug-likeness (QED) is 0.256. The number of nitrogens with zero attached hydrogens (tertiary/aromatic N) is 2. The second kappa shape index (κ2) is 12.4. The monoisotopic (exact) mass is 538 g/mol. The third-order valence-corrected chi connectivity index (χ3v) is 7.88. The molecule has 40 heavy (non-hydrogen) atoms. The van der Waals surface area contributed by atoms with Crippen molar-refractivity contribution >= 4 is 28.4 Å². The summed E-state index contributed by atoms with van der Waals surface area (Å²) < 4.78 is 13.2. The van der Waals surface area contributed by atoms with Gasteiger partial charge in [0.1, 0.15) is 5.82 Å². The lowest BCUT2D eigenvalue weighted by Gasteiger charge is -2.32. The molecule has 5 rings (SSSR count). The number of aromatic nitrogens is 1. The molecule has 1 fully saturated rings. The van der Waals surface area contributed by atoms with Crippen molar-refractivity contribution in [1.82, 2.24) is 9.88 Å². The number of halogens is 1. The third kappa shape index (κ3) is 6.72. The Morgan fingerprint density at radius 3 is 2.35 bits per heavy atom. The summed E-state index contributed by atoms with van der Waals surface area (Å²) >= 11 is 0. The summed E-state index contributed by atoms with van der Waals surface area (Å²) in [4.78, 5) is 31.2. The van der Waals surface area contributed by atoms with Crippen LogP contribution < -0.4 is 11.1 Å². The Kier molecular flexibility index (Phi) is 8.51. The summed E-state index contributed by atoms with van der Waals surface area (Å²) in [6.07, 6.45) is 6.69. The second-order valence-electron chi connectivity index (χ2n) is 10.8. The molecule has 0 bridgehead atoms. The summed E-state index contributed by atoms with van der Waals surface area (Å²) in [7, 11) is 0. The van der Waals surface area contributed by atoms with Gasteiger partial charge in [-0.1, -0.05) is 30.3 Å². The number of carbonyl (C=O) groups is 2. The molecule has 0 atom stereocenters. The second-order valence-corrected chi connectivity index (χ2v) is 10.8. The Labute approximate surface area is 234 Å². The van der Waals surface area contributed by atoms with Gasteiger partial charge in [0.2, 0.25) is 5.91 Å². The molecule has 0 saturated carbocycles. The first-order chi connectivity index (χ1) is 19.4. The fourth-order valence-electron chi connectivity index (χ4n) is 5.52. The number of amides is 2. The minimum atomic E-state index is -0.276. The van der Waals surface area contributed by atoms with E-state index in [2.05, 4.69) is 16.3 Å². The summed E-state index contributed by atoms with van der Waals surface area (Å²) in [5, 5.41) is 4.08. The van der Waals surface area contributed by atoms with Crippen molar-refractivity contribution < 1.29 is 14.0 Å². The Morgan fingerprint density at radius 2 is 1.68 bits per heavy atom. The zero-order chi connectivity index (χ0) is 28.1. The number of fused-ring (bicyclic) bond motifs is 1. The van der Waals surface area contributed by atoms with E-state index < -0.39 is 0 Å². The van der Waals surface area contributed by atoms with Gasteiger partial charge in [0.05, 0.1) is 5.52 Å². The number of pyridine rings is 1. The van der Waals surface area contributed by atoms with Crippen molar-refractivity contribution in [3.8, 4) is 11.1 Å². The van der Waals surface area contributed by atoms with Crippen molar-refractivity contribution in [1.29, 1.82) is 0 Å². The van der Waals surface area contributed by atoms with Crippen molar-refractivity contribution in [2.75, 3.05) is 18.4 Å². The number of likely N-dealkylation sites (tertiary alicyclic amines) is 1. The topological polar surface area (TPSA) is 88.3 Å². The summed E-state index contributed by atoms with van der Waals surface area (Å²) in [6.45, 7) is 4.94. The highest BCUT2D eigenvalue weighted by molar-refractivity contribution is 6.06. The van der Waals surface area contributed by atoms with Gasteiger partial charge in [-0.25, -0.2) is 4.39 Å². The lowest BCUT2D eigenvalue weighted by Crippen LogP contribution is -2.33. The van der Waals surface area contributed by atoms with Gasteiger partial charge < -0.3 is 11.1 Å². The maximum absolute atomic E-state index is 13.2.